The molecule has 1 atom stereocenters. The molecule has 0 radical (unpaired) electrons. The molecule has 0 aliphatic heterocycles. The average molecular weight is 388 g/mol. The number of hydrogen-bond donors (Lipinski definition) is 1. The maximum Gasteiger partial charge on any atom is 0.370 e. The van der Waals surface area contributed by atoms with Crippen molar-refractivity contribution in [1.29, 1.82) is 0 Å². The summed E-state index contributed by atoms with van der Waals surface area (Å²) < 4.78 is 16.4. The van der Waals surface area contributed by atoms with Gasteiger partial charge in [0.2, 0.25) is 6.29 Å². The number of benzene rings is 1. The Morgan fingerprint density at radius 1 is 1.21 bits per heavy atom. The lowest BCUT2D eigenvalue weighted by atomic mass is 9.83. The van der Waals surface area contributed by atoms with Crippen molar-refractivity contribution in [2.75, 3.05) is 0 Å². The van der Waals surface area contributed by atoms with Crippen LogP contribution in [0.25, 0.3) is 0 Å². The third-order valence-corrected chi connectivity index (χ3v) is 4.81. The molecular formula is C22H28O6. The number of esters is 1. The zero-order valence-corrected chi connectivity index (χ0v) is 16.4. The molecule has 1 N–H and O–H groups in total. The van der Waals surface area contributed by atoms with Gasteiger partial charge in [0.1, 0.15) is 5.75 Å². The fraction of sp³-hybridized carbons (Fsp3) is 0.455. The predicted molar refractivity (Wildman–Crippen MR) is 105 cm³/mol. The molecule has 0 aromatic heterocycles. The first kappa shape index (κ1) is 21.5. The van der Waals surface area contributed by atoms with Crippen LogP contribution in [0.1, 0.15) is 57.4 Å². The maximum atomic E-state index is 11.3. The van der Waals surface area contributed by atoms with Gasteiger partial charge in [-0.05, 0) is 62.3 Å². The van der Waals surface area contributed by atoms with Crippen LogP contribution in [-0.4, -0.2) is 29.4 Å². The van der Waals surface area contributed by atoms with Crippen LogP contribution in [0, 0.1) is 0 Å². The summed E-state index contributed by atoms with van der Waals surface area (Å²) in [5.41, 5.74) is 1.21. The highest BCUT2D eigenvalue weighted by Gasteiger charge is 2.25. The summed E-state index contributed by atoms with van der Waals surface area (Å²) >= 11 is 0. The van der Waals surface area contributed by atoms with Crippen molar-refractivity contribution in [3.63, 3.8) is 0 Å². The molecule has 0 bridgehead atoms. The second-order valence-electron chi connectivity index (χ2n) is 6.72. The normalized spacial score (nSPS) is 20.7. The Bertz CT molecular complexity index is 698. The number of rotatable bonds is 9. The van der Waals surface area contributed by atoms with Crippen LogP contribution in [0.4, 0.5) is 0 Å². The molecule has 28 heavy (non-hydrogen) atoms. The summed E-state index contributed by atoms with van der Waals surface area (Å²) in [6.45, 7) is 6.92. The minimum absolute atomic E-state index is 0.0209. The summed E-state index contributed by atoms with van der Waals surface area (Å²) in [5, 5.41) is 9.06. The van der Waals surface area contributed by atoms with Crippen molar-refractivity contribution < 1.29 is 28.9 Å². The number of ether oxygens (including phenoxy) is 3. The molecule has 2 rings (SSSR count). The highest BCUT2D eigenvalue weighted by Crippen LogP contribution is 2.35. The van der Waals surface area contributed by atoms with E-state index in [0.29, 0.717) is 18.1 Å². The largest absolute Gasteiger partial charge is 0.483 e. The second-order valence-corrected chi connectivity index (χ2v) is 6.72. The lowest BCUT2D eigenvalue weighted by Crippen LogP contribution is -2.23. The summed E-state index contributed by atoms with van der Waals surface area (Å²) in [5.74, 6) is -0.458. The molecule has 6 nitrogen and oxygen atoms in total. The number of carbonyl (C=O) groups excluding carboxylic acids is 1. The number of hydrogen-bond acceptors (Lipinski definition) is 5. The van der Waals surface area contributed by atoms with Crippen LogP contribution >= 0.6 is 0 Å². The number of allylic oxidation sites excluding steroid dienone is 1. The van der Waals surface area contributed by atoms with Gasteiger partial charge in [0, 0.05) is 12.5 Å². The van der Waals surface area contributed by atoms with E-state index in [1.54, 1.807) is 6.92 Å². The van der Waals surface area contributed by atoms with Gasteiger partial charge in [-0.1, -0.05) is 25.6 Å². The summed E-state index contributed by atoms with van der Waals surface area (Å²) in [7, 11) is 0. The van der Waals surface area contributed by atoms with Gasteiger partial charge in [0.25, 0.3) is 0 Å². The Morgan fingerprint density at radius 2 is 1.86 bits per heavy atom. The van der Waals surface area contributed by atoms with E-state index in [1.807, 2.05) is 31.2 Å². The molecular weight excluding hydrogens is 360 g/mol. The Labute approximate surface area is 165 Å². The smallest absolute Gasteiger partial charge is 0.370 e. The van der Waals surface area contributed by atoms with E-state index in [-0.39, 0.29) is 11.9 Å². The Kier molecular flexibility index (Phi) is 8.11. The molecule has 0 amide bonds. The van der Waals surface area contributed by atoms with Crippen LogP contribution in [0.5, 0.6) is 5.75 Å². The van der Waals surface area contributed by atoms with Gasteiger partial charge in [-0.2, -0.15) is 0 Å². The topological polar surface area (TPSA) is 82.1 Å². The van der Waals surface area contributed by atoms with Crippen LogP contribution in [0.15, 0.2) is 48.8 Å². The van der Waals surface area contributed by atoms with E-state index in [0.717, 1.165) is 31.8 Å². The fourth-order valence-electron chi connectivity index (χ4n) is 3.27. The van der Waals surface area contributed by atoms with Gasteiger partial charge in [-0.25, -0.2) is 9.59 Å². The molecule has 1 unspecified atom stereocenters. The molecule has 0 saturated heterocycles. The van der Waals surface area contributed by atoms with E-state index >= 15 is 0 Å². The van der Waals surface area contributed by atoms with Crippen molar-refractivity contribution in [2.45, 2.75) is 64.3 Å². The number of aliphatic carboxylic acids is 1. The van der Waals surface area contributed by atoms with Crippen LogP contribution < -0.4 is 4.74 Å². The number of carbonyl (C=O) groups is 2. The highest BCUT2D eigenvalue weighted by atomic mass is 16.7. The molecule has 0 heterocycles. The lowest BCUT2D eigenvalue weighted by molar-refractivity contribution is -0.157. The summed E-state index contributed by atoms with van der Waals surface area (Å²) in [6.07, 6.45) is 5.98. The van der Waals surface area contributed by atoms with Crippen molar-refractivity contribution >= 4 is 11.9 Å². The molecule has 6 heteroatoms. The molecule has 1 aliphatic rings. The molecule has 0 spiro atoms. The van der Waals surface area contributed by atoms with Crippen LogP contribution in [0.3, 0.4) is 0 Å². The third kappa shape index (κ3) is 6.15. The third-order valence-electron chi connectivity index (χ3n) is 4.81. The van der Waals surface area contributed by atoms with E-state index in [4.69, 9.17) is 19.3 Å². The Balaban J connectivity index is 1.88. The quantitative estimate of drug-likeness (QED) is 0.289. The first-order chi connectivity index (χ1) is 13.5. The first-order valence-corrected chi connectivity index (χ1v) is 9.62. The zero-order chi connectivity index (χ0) is 20.5. The van der Waals surface area contributed by atoms with Crippen molar-refractivity contribution in [2.24, 2.45) is 0 Å². The second kappa shape index (κ2) is 10.5. The maximum absolute atomic E-state index is 11.3. The fourth-order valence-corrected chi connectivity index (χ4v) is 3.27. The molecule has 152 valence electrons. The zero-order valence-electron chi connectivity index (χ0n) is 16.4. The summed E-state index contributed by atoms with van der Waals surface area (Å²) in [6, 6.07) is 7.81. The lowest BCUT2D eigenvalue weighted by Gasteiger charge is -2.29. The van der Waals surface area contributed by atoms with Crippen LogP contribution in [0.2, 0.25) is 0 Å². The Morgan fingerprint density at radius 3 is 2.36 bits per heavy atom. The standard InChI is InChI=1S/C22H28O6/c1-4-19(22(24)25)26-17-11-7-15(8-12-17)16-9-13-18(14-10-16)27-21(6-3)28-20(23)5-2/h4-5,9-10,13-15,17,21H,2,6-8,11-12H2,1,3H3,(H,24,25). The van der Waals surface area contributed by atoms with Gasteiger partial charge in [-0.3, -0.25) is 0 Å². The molecule has 1 fully saturated rings. The molecule has 1 aliphatic carbocycles. The van der Waals surface area contributed by atoms with E-state index < -0.39 is 18.2 Å². The van der Waals surface area contributed by atoms with Gasteiger partial charge >= 0.3 is 11.9 Å². The van der Waals surface area contributed by atoms with Crippen molar-refractivity contribution in [3.05, 3.63) is 54.3 Å². The molecule has 1 aromatic rings. The van der Waals surface area contributed by atoms with Crippen molar-refractivity contribution in [3.8, 4) is 5.75 Å². The predicted octanol–water partition coefficient (Wildman–Crippen LogP) is 4.56. The SMILES string of the molecule is C=CC(=O)OC(CC)Oc1ccc(C2CCC(OC(=CC)C(=O)O)CC2)cc1. The molecule has 1 saturated carbocycles. The van der Waals surface area contributed by atoms with E-state index in [9.17, 15) is 9.59 Å². The Hall–Kier alpha value is -2.76. The van der Waals surface area contributed by atoms with E-state index in [1.165, 1.54) is 11.6 Å². The number of carboxylic acids is 1. The summed E-state index contributed by atoms with van der Waals surface area (Å²) in [4.78, 5) is 22.4. The van der Waals surface area contributed by atoms with Gasteiger partial charge in [0.15, 0.2) is 5.76 Å². The number of carboxylic acid groups (broad SMARTS) is 1. The van der Waals surface area contributed by atoms with E-state index in [2.05, 4.69) is 6.58 Å². The first-order valence-electron chi connectivity index (χ1n) is 9.62. The van der Waals surface area contributed by atoms with Gasteiger partial charge in [0.05, 0.1) is 6.10 Å². The molecule has 1 aromatic carbocycles. The minimum Gasteiger partial charge on any atom is -0.483 e. The van der Waals surface area contributed by atoms with Crippen molar-refractivity contribution in [1.82, 2.24) is 0 Å². The minimum atomic E-state index is -1.02. The van der Waals surface area contributed by atoms with Gasteiger partial charge < -0.3 is 19.3 Å². The monoisotopic (exact) mass is 388 g/mol. The van der Waals surface area contributed by atoms with Crippen LogP contribution in [-0.2, 0) is 19.1 Å². The highest BCUT2D eigenvalue weighted by molar-refractivity contribution is 5.84. The van der Waals surface area contributed by atoms with Gasteiger partial charge in [-0.15, -0.1) is 0 Å². The average Bonchev–Trinajstić information content (AvgIpc) is 2.72.